The van der Waals surface area contributed by atoms with Crippen LogP contribution in [0.5, 0.6) is 0 Å². The van der Waals surface area contributed by atoms with Crippen LogP contribution in [0.4, 0.5) is 18.0 Å². The first-order valence-electron chi connectivity index (χ1n) is 11.1. The van der Waals surface area contributed by atoms with Gasteiger partial charge >= 0.3 is 18.2 Å². The molecule has 0 spiro atoms. The predicted molar refractivity (Wildman–Crippen MR) is 115 cm³/mol. The maximum Gasteiger partial charge on any atom is 0.416 e. The molecule has 1 saturated heterocycles. The summed E-state index contributed by atoms with van der Waals surface area (Å²) in [5, 5.41) is 9.34. The van der Waals surface area contributed by atoms with Crippen LogP contribution in [-0.4, -0.2) is 51.5 Å². The van der Waals surface area contributed by atoms with Crippen molar-refractivity contribution in [3.8, 4) is 0 Å². The molecule has 1 fully saturated rings. The van der Waals surface area contributed by atoms with E-state index in [1.165, 1.54) is 22.6 Å². The Morgan fingerprint density at radius 2 is 1.97 bits per heavy atom. The molecule has 0 saturated carbocycles. The molecule has 2 aliphatic rings. The number of aromatic nitrogens is 1. The predicted octanol–water partition coefficient (Wildman–Crippen LogP) is 4.48. The number of alkyl halides is 3. The first kappa shape index (κ1) is 23.1. The van der Waals surface area contributed by atoms with Crippen LogP contribution in [0.2, 0.25) is 0 Å². The monoisotopic (exact) mass is 461 g/mol. The smallest absolute Gasteiger partial charge is 0.416 e. The second kappa shape index (κ2) is 9.41. The molecular weight excluding hydrogens is 435 g/mol. The van der Waals surface area contributed by atoms with E-state index in [0.29, 0.717) is 19.5 Å². The van der Waals surface area contributed by atoms with Gasteiger partial charge in [0, 0.05) is 31.0 Å². The van der Waals surface area contributed by atoms with E-state index in [0.717, 1.165) is 49.2 Å². The molecule has 0 radical (unpaired) electrons. The van der Waals surface area contributed by atoms with Gasteiger partial charge in [0.15, 0.2) is 0 Å². The summed E-state index contributed by atoms with van der Waals surface area (Å²) in [5.74, 6) is -1.17. The van der Waals surface area contributed by atoms with E-state index in [2.05, 4.69) is 6.07 Å². The lowest BCUT2D eigenvalue weighted by Crippen LogP contribution is -2.36. The molecule has 1 aliphatic heterocycles. The lowest BCUT2D eigenvalue weighted by atomic mass is 10.00. The number of carbonyl (C=O) groups excluding carboxylic acids is 1. The van der Waals surface area contributed by atoms with E-state index in [1.54, 1.807) is 4.90 Å². The maximum absolute atomic E-state index is 13.2. The van der Waals surface area contributed by atoms with E-state index in [4.69, 9.17) is 4.98 Å². The van der Waals surface area contributed by atoms with Gasteiger partial charge in [-0.1, -0.05) is 18.2 Å². The van der Waals surface area contributed by atoms with Gasteiger partial charge in [0.1, 0.15) is 0 Å². The number of aliphatic carboxylic acids is 1. The number of fused-ring (bicyclic) bond motifs is 1. The number of carbonyl (C=O) groups is 2. The van der Waals surface area contributed by atoms with E-state index in [9.17, 15) is 27.9 Å². The summed E-state index contributed by atoms with van der Waals surface area (Å²) in [5.41, 5.74) is 2.77. The first-order valence-corrected chi connectivity index (χ1v) is 11.1. The van der Waals surface area contributed by atoms with Gasteiger partial charge in [0.05, 0.1) is 18.0 Å². The lowest BCUT2D eigenvalue weighted by Gasteiger charge is -2.28. The van der Waals surface area contributed by atoms with Crippen molar-refractivity contribution in [1.29, 1.82) is 0 Å². The Labute approximate surface area is 190 Å². The summed E-state index contributed by atoms with van der Waals surface area (Å²) in [7, 11) is 0. The molecule has 176 valence electrons. The second-order valence-electron chi connectivity index (χ2n) is 8.57. The van der Waals surface area contributed by atoms with Gasteiger partial charge in [-0.2, -0.15) is 13.2 Å². The summed E-state index contributed by atoms with van der Waals surface area (Å²) in [6.07, 6.45) is -0.362. The number of pyridine rings is 1. The summed E-state index contributed by atoms with van der Waals surface area (Å²) >= 11 is 0. The van der Waals surface area contributed by atoms with Gasteiger partial charge in [-0.05, 0) is 61.4 Å². The largest absolute Gasteiger partial charge is 0.481 e. The van der Waals surface area contributed by atoms with Crippen LogP contribution in [0, 0.1) is 0 Å². The fraction of sp³-hybridized carbons (Fsp3) is 0.458. The van der Waals surface area contributed by atoms with Crippen LogP contribution in [0.1, 0.15) is 53.4 Å². The van der Waals surface area contributed by atoms with Crippen LogP contribution in [0.3, 0.4) is 0 Å². The van der Waals surface area contributed by atoms with Gasteiger partial charge in [-0.3, -0.25) is 9.78 Å². The number of nitrogens with zero attached hydrogens (tertiary/aromatic N) is 3. The number of amides is 2. The average Bonchev–Trinajstić information content (AvgIpc) is 3.38. The fourth-order valence-corrected chi connectivity index (χ4v) is 4.65. The van der Waals surface area contributed by atoms with Crippen LogP contribution >= 0.6 is 0 Å². The molecule has 1 aromatic heterocycles. The zero-order valence-electron chi connectivity index (χ0n) is 18.1. The number of hydrogen-bond donors (Lipinski definition) is 1. The van der Waals surface area contributed by atoms with Gasteiger partial charge in [0.2, 0.25) is 0 Å². The first-order chi connectivity index (χ1) is 15.7. The zero-order chi connectivity index (χ0) is 23.6. The van der Waals surface area contributed by atoms with Crippen LogP contribution in [0.15, 0.2) is 36.4 Å². The molecule has 9 heteroatoms. The molecule has 6 nitrogen and oxygen atoms in total. The summed E-state index contributed by atoms with van der Waals surface area (Å²) < 4.78 is 39.5. The number of urea groups is 1. The Morgan fingerprint density at radius 1 is 1.15 bits per heavy atom. The minimum absolute atomic E-state index is 0.171. The van der Waals surface area contributed by atoms with E-state index < -0.39 is 30.2 Å². The summed E-state index contributed by atoms with van der Waals surface area (Å²) in [6, 6.07) is 7.40. The molecule has 4 rings (SSSR count). The van der Waals surface area contributed by atoms with E-state index in [-0.39, 0.29) is 18.1 Å². The molecule has 1 unspecified atom stereocenters. The average molecular weight is 461 g/mol. The van der Waals surface area contributed by atoms with Crippen molar-refractivity contribution in [3.05, 3.63) is 64.5 Å². The van der Waals surface area contributed by atoms with Crippen molar-refractivity contribution in [2.24, 2.45) is 0 Å². The van der Waals surface area contributed by atoms with Crippen molar-refractivity contribution in [1.82, 2.24) is 14.8 Å². The van der Waals surface area contributed by atoms with Gasteiger partial charge in [0.25, 0.3) is 0 Å². The molecule has 1 aromatic carbocycles. The van der Waals surface area contributed by atoms with E-state index in [1.807, 2.05) is 6.07 Å². The second-order valence-corrected chi connectivity index (χ2v) is 8.57. The minimum Gasteiger partial charge on any atom is -0.481 e. The Balaban J connectivity index is 1.41. The summed E-state index contributed by atoms with van der Waals surface area (Å²) in [4.78, 5) is 32.2. The summed E-state index contributed by atoms with van der Waals surface area (Å²) in [6.45, 7) is 1.16. The molecule has 0 bridgehead atoms. The molecule has 2 aromatic rings. The SMILES string of the molecule is O=C(O)CC(c1cccc(C(F)(F)F)c1)N1CCN(CCCc2ccc3c(n2)CCC3)C1=O. The highest BCUT2D eigenvalue weighted by Crippen LogP contribution is 2.34. The molecule has 1 N–H and O–H groups in total. The van der Waals surface area contributed by atoms with Crippen molar-refractivity contribution >= 4 is 12.0 Å². The number of carboxylic acid groups (broad SMARTS) is 1. The highest BCUT2D eigenvalue weighted by atomic mass is 19.4. The third-order valence-electron chi connectivity index (χ3n) is 6.32. The maximum atomic E-state index is 13.2. The fourth-order valence-electron chi connectivity index (χ4n) is 4.65. The van der Waals surface area contributed by atoms with E-state index >= 15 is 0 Å². The quantitative estimate of drug-likeness (QED) is 0.629. The van der Waals surface area contributed by atoms with Gasteiger partial charge < -0.3 is 14.9 Å². The standard InChI is InChI=1S/C24H26F3N3O3/c25-24(26,27)18-6-1-5-17(14-18)21(15-22(31)32)30-13-12-29(23(30)33)11-3-7-19-10-9-16-4-2-8-20(16)28-19/h1,5-6,9-10,14,21H,2-4,7-8,11-13,15H2,(H,31,32). The third kappa shape index (κ3) is 5.29. The molecule has 33 heavy (non-hydrogen) atoms. The topological polar surface area (TPSA) is 73.7 Å². The Hall–Kier alpha value is -3.10. The van der Waals surface area contributed by atoms with Crippen LogP contribution < -0.4 is 0 Å². The number of hydrogen-bond acceptors (Lipinski definition) is 3. The zero-order valence-corrected chi connectivity index (χ0v) is 18.1. The van der Waals surface area contributed by atoms with Crippen molar-refractivity contribution < 1.29 is 27.9 Å². The number of rotatable bonds is 8. The molecule has 1 atom stereocenters. The normalized spacial score (nSPS) is 16.9. The van der Waals surface area contributed by atoms with Crippen LogP contribution in [0.25, 0.3) is 0 Å². The number of benzene rings is 1. The Morgan fingerprint density at radius 3 is 2.73 bits per heavy atom. The number of halogens is 3. The highest BCUT2D eigenvalue weighted by Gasteiger charge is 2.37. The van der Waals surface area contributed by atoms with Gasteiger partial charge in [-0.15, -0.1) is 0 Å². The number of aryl methyl sites for hydroxylation is 3. The van der Waals surface area contributed by atoms with Crippen molar-refractivity contribution in [2.75, 3.05) is 19.6 Å². The van der Waals surface area contributed by atoms with Gasteiger partial charge in [-0.25, -0.2) is 4.79 Å². The highest BCUT2D eigenvalue weighted by molar-refractivity contribution is 5.78. The minimum atomic E-state index is -4.55. The molecular formula is C24H26F3N3O3. The molecule has 2 amide bonds. The Kier molecular flexibility index (Phi) is 6.58. The van der Waals surface area contributed by atoms with Crippen molar-refractivity contribution in [2.45, 2.75) is 50.7 Å². The third-order valence-corrected chi connectivity index (χ3v) is 6.32. The molecule has 1 aliphatic carbocycles. The number of carboxylic acids is 1. The lowest BCUT2D eigenvalue weighted by molar-refractivity contribution is -0.138. The van der Waals surface area contributed by atoms with Crippen molar-refractivity contribution in [3.63, 3.8) is 0 Å². The van der Waals surface area contributed by atoms with Crippen LogP contribution in [-0.2, 0) is 30.2 Å². The Bertz CT molecular complexity index is 1040. The molecule has 2 heterocycles.